The van der Waals surface area contributed by atoms with Gasteiger partial charge in [0, 0.05) is 34.8 Å². The third kappa shape index (κ3) is 3.98. The highest BCUT2D eigenvalue weighted by molar-refractivity contribution is 6.30. The number of unbranched alkanes of at least 4 members (excludes halogenated alkanes) is 2. The summed E-state index contributed by atoms with van der Waals surface area (Å²) in [6, 6.07) is 18.5. The molecule has 1 aromatic heterocycles. The van der Waals surface area contributed by atoms with E-state index in [4.69, 9.17) is 11.6 Å². The number of aromatic nitrogens is 1. The molecule has 0 atom stereocenters. The number of nitrogens with zero attached hydrogens (tertiary/aromatic N) is 1. The highest BCUT2D eigenvalue weighted by atomic mass is 35.5. The fraction of sp³-hybridized carbons (Fsp3) is 0.370. The lowest BCUT2D eigenvalue weighted by atomic mass is 9.86. The summed E-state index contributed by atoms with van der Waals surface area (Å²) in [6.07, 6.45) is 4.73. The Morgan fingerprint density at radius 1 is 0.967 bits per heavy atom. The Morgan fingerprint density at radius 3 is 2.30 bits per heavy atom. The minimum Gasteiger partial charge on any atom is -0.340 e. The Balaban J connectivity index is 1.96. The summed E-state index contributed by atoms with van der Waals surface area (Å²) in [6.45, 7) is 7.64. The van der Waals surface area contributed by atoms with E-state index in [9.17, 15) is 4.79 Å². The zero-order valence-electron chi connectivity index (χ0n) is 18.2. The average Bonchev–Trinajstić information content (AvgIpc) is 3.19. The molecular weight excluding hydrogens is 390 g/mol. The van der Waals surface area contributed by atoms with Gasteiger partial charge in [0.05, 0.1) is 5.69 Å². The van der Waals surface area contributed by atoms with Crippen molar-refractivity contribution in [2.75, 3.05) is 0 Å². The fourth-order valence-corrected chi connectivity index (χ4v) is 4.85. The predicted molar refractivity (Wildman–Crippen MR) is 126 cm³/mol. The first-order valence-electron chi connectivity index (χ1n) is 11.0. The van der Waals surface area contributed by atoms with Gasteiger partial charge < -0.3 is 4.57 Å². The first kappa shape index (κ1) is 20.9. The number of benzene rings is 2. The molecule has 30 heavy (non-hydrogen) atoms. The second-order valence-corrected chi connectivity index (χ2v) is 9.66. The molecule has 156 valence electrons. The second-order valence-electron chi connectivity index (χ2n) is 9.23. The van der Waals surface area contributed by atoms with Crippen molar-refractivity contribution >= 4 is 17.4 Å². The van der Waals surface area contributed by atoms with Gasteiger partial charge in [-0.1, -0.05) is 87.7 Å². The largest absolute Gasteiger partial charge is 0.340 e. The summed E-state index contributed by atoms with van der Waals surface area (Å²) in [4.78, 5) is 13.5. The smallest absolute Gasteiger partial charge is 0.179 e. The minimum atomic E-state index is 0.149. The van der Waals surface area contributed by atoms with E-state index in [1.165, 1.54) is 16.8 Å². The van der Waals surface area contributed by atoms with Crippen LogP contribution in [0.5, 0.6) is 0 Å². The Labute approximate surface area is 184 Å². The molecule has 0 saturated heterocycles. The maximum atomic E-state index is 13.5. The maximum Gasteiger partial charge on any atom is 0.179 e. The van der Waals surface area contributed by atoms with Crippen molar-refractivity contribution in [3.8, 4) is 22.3 Å². The van der Waals surface area contributed by atoms with Gasteiger partial charge in [-0.25, -0.2) is 0 Å². The third-order valence-electron chi connectivity index (χ3n) is 6.07. The Bertz CT molecular complexity index is 1040. The Hall–Kier alpha value is -2.32. The quantitative estimate of drug-likeness (QED) is 0.282. The second kappa shape index (κ2) is 8.43. The number of halogens is 1. The van der Waals surface area contributed by atoms with E-state index in [1.54, 1.807) is 0 Å². The van der Waals surface area contributed by atoms with Crippen LogP contribution in [0.25, 0.3) is 22.3 Å². The molecule has 0 radical (unpaired) electrons. The predicted octanol–water partition coefficient (Wildman–Crippen LogP) is 7.82. The summed E-state index contributed by atoms with van der Waals surface area (Å²) in [5, 5.41) is 0.712. The van der Waals surface area contributed by atoms with Crippen LogP contribution in [0.15, 0.2) is 54.6 Å². The van der Waals surface area contributed by atoms with Crippen LogP contribution in [0.1, 0.15) is 62.6 Å². The van der Waals surface area contributed by atoms with Crippen LogP contribution in [0.2, 0.25) is 5.02 Å². The Morgan fingerprint density at radius 2 is 1.63 bits per heavy atom. The SMILES string of the molecule is CCCCCC(=O)c1c(-c2ccc(Cl)cc2)c(-c2ccccc2)c2n1CC(C)(C)C2. The summed E-state index contributed by atoms with van der Waals surface area (Å²) >= 11 is 6.18. The molecule has 0 fully saturated rings. The standard InChI is InChI=1S/C27H30ClNO/c1-4-5-7-12-23(30)26-25(20-13-15-21(28)16-14-20)24(19-10-8-6-9-11-19)22-17-27(2,3)18-29(22)26/h6,8-11,13-16H,4-5,7,12,17-18H2,1-3H3. The summed E-state index contributed by atoms with van der Waals surface area (Å²) in [7, 11) is 0. The van der Waals surface area contributed by atoms with E-state index in [1.807, 2.05) is 30.3 Å². The summed E-state index contributed by atoms with van der Waals surface area (Å²) in [5.41, 5.74) is 6.85. The van der Waals surface area contributed by atoms with E-state index < -0.39 is 0 Å². The molecule has 0 aliphatic carbocycles. The monoisotopic (exact) mass is 419 g/mol. The molecule has 0 unspecified atom stereocenters. The number of Topliss-reactive ketones (excluding diaryl/α,β-unsaturated/α-hetero) is 1. The Kier molecular flexibility index (Phi) is 5.88. The van der Waals surface area contributed by atoms with Gasteiger partial charge in [0.25, 0.3) is 0 Å². The first-order valence-corrected chi connectivity index (χ1v) is 11.4. The zero-order chi connectivity index (χ0) is 21.3. The van der Waals surface area contributed by atoms with Gasteiger partial charge in [-0.05, 0) is 41.5 Å². The molecule has 2 nitrogen and oxygen atoms in total. The van der Waals surface area contributed by atoms with Crippen molar-refractivity contribution in [2.24, 2.45) is 5.41 Å². The van der Waals surface area contributed by atoms with Gasteiger partial charge in [0.15, 0.2) is 5.78 Å². The molecule has 1 aliphatic rings. The number of rotatable bonds is 7. The van der Waals surface area contributed by atoms with Crippen LogP contribution in [0.3, 0.4) is 0 Å². The fourth-order valence-electron chi connectivity index (χ4n) is 4.72. The van der Waals surface area contributed by atoms with E-state index in [0.717, 1.165) is 49.0 Å². The topological polar surface area (TPSA) is 22.0 Å². The van der Waals surface area contributed by atoms with Gasteiger partial charge >= 0.3 is 0 Å². The van der Waals surface area contributed by atoms with Gasteiger partial charge in [-0.2, -0.15) is 0 Å². The van der Waals surface area contributed by atoms with Crippen molar-refractivity contribution in [1.29, 1.82) is 0 Å². The molecular formula is C27H30ClNO. The van der Waals surface area contributed by atoms with Gasteiger partial charge in [-0.15, -0.1) is 0 Å². The molecule has 2 aromatic carbocycles. The van der Waals surface area contributed by atoms with Crippen molar-refractivity contribution in [2.45, 2.75) is 59.4 Å². The van der Waals surface area contributed by atoms with Crippen molar-refractivity contribution in [3.63, 3.8) is 0 Å². The molecule has 4 rings (SSSR count). The molecule has 1 aliphatic heterocycles. The lowest BCUT2D eigenvalue weighted by Crippen LogP contribution is -2.16. The van der Waals surface area contributed by atoms with Crippen molar-refractivity contribution in [3.05, 3.63) is 71.0 Å². The van der Waals surface area contributed by atoms with Crippen LogP contribution in [-0.4, -0.2) is 10.4 Å². The van der Waals surface area contributed by atoms with Crippen molar-refractivity contribution in [1.82, 2.24) is 4.57 Å². The molecule has 0 spiro atoms. The lowest BCUT2D eigenvalue weighted by Gasteiger charge is -2.19. The lowest BCUT2D eigenvalue weighted by molar-refractivity contribution is 0.0970. The molecule has 3 aromatic rings. The summed E-state index contributed by atoms with van der Waals surface area (Å²) < 4.78 is 2.32. The van der Waals surface area contributed by atoms with Gasteiger partial charge in [0.1, 0.15) is 0 Å². The highest BCUT2D eigenvalue weighted by Gasteiger charge is 2.37. The number of ketones is 1. The number of carbonyl (C=O) groups is 1. The normalized spacial score (nSPS) is 14.7. The average molecular weight is 420 g/mol. The third-order valence-corrected chi connectivity index (χ3v) is 6.32. The zero-order valence-corrected chi connectivity index (χ0v) is 18.9. The molecule has 0 bridgehead atoms. The maximum absolute atomic E-state index is 13.5. The first-order chi connectivity index (χ1) is 14.4. The van der Waals surface area contributed by atoms with Crippen molar-refractivity contribution < 1.29 is 4.79 Å². The van der Waals surface area contributed by atoms with E-state index >= 15 is 0 Å². The van der Waals surface area contributed by atoms with Gasteiger partial charge in [-0.3, -0.25) is 4.79 Å². The molecule has 0 N–H and O–H groups in total. The molecule has 3 heteroatoms. The van der Waals surface area contributed by atoms with Crippen LogP contribution in [-0.2, 0) is 13.0 Å². The van der Waals surface area contributed by atoms with Crippen LogP contribution >= 0.6 is 11.6 Å². The number of fused-ring (bicyclic) bond motifs is 1. The summed E-state index contributed by atoms with van der Waals surface area (Å²) in [5.74, 6) is 0.259. The highest BCUT2D eigenvalue weighted by Crippen LogP contribution is 2.47. The van der Waals surface area contributed by atoms with E-state index in [-0.39, 0.29) is 11.2 Å². The number of carbonyl (C=O) groups excluding carboxylic acids is 1. The van der Waals surface area contributed by atoms with E-state index in [2.05, 4.69) is 49.6 Å². The number of hydrogen-bond donors (Lipinski definition) is 0. The van der Waals surface area contributed by atoms with Crippen LogP contribution in [0, 0.1) is 5.41 Å². The van der Waals surface area contributed by atoms with E-state index in [0.29, 0.717) is 11.4 Å². The molecule has 0 saturated carbocycles. The van der Waals surface area contributed by atoms with Crippen LogP contribution in [0.4, 0.5) is 0 Å². The van der Waals surface area contributed by atoms with Crippen LogP contribution < -0.4 is 0 Å². The molecule has 2 heterocycles. The van der Waals surface area contributed by atoms with Gasteiger partial charge in [0.2, 0.25) is 0 Å². The molecule has 0 amide bonds. The number of hydrogen-bond acceptors (Lipinski definition) is 1. The minimum absolute atomic E-state index is 0.149.